The molecule has 1 aliphatic carbocycles. The molecule has 4 heteroatoms. The Morgan fingerprint density at radius 2 is 2.29 bits per heavy atom. The van der Waals surface area contributed by atoms with Crippen molar-refractivity contribution in [1.82, 2.24) is 15.1 Å². The molecule has 96 valence electrons. The molecule has 2 unspecified atom stereocenters. The van der Waals surface area contributed by atoms with E-state index in [4.69, 9.17) is 0 Å². The van der Waals surface area contributed by atoms with Crippen LogP contribution in [0.5, 0.6) is 0 Å². The van der Waals surface area contributed by atoms with Crippen molar-refractivity contribution in [2.45, 2.75) is 52.1 Å². The lowest BCUT2D eigenvalue weighted by Gasteiger charge is -2.38. The van der Waals surface area contributed by atoms with Crippen LogP contribution in [0.4, 0.5) is 0 Å². The molecule has 0 radical (unpaired) electrons. The average Bonchev–Trinajstić information content (AvgIpc) is 2.59. The highest BCUT2D eigenvalue weighted by atomic mass is 79.9. The Labute approximate surface area is 112 Å². The smallest absolute Gasteiger partial charge is 0.0635 e. The molecule has 17 heavy (non-hydrogen) atoms. The van der Waals surface area contributed by atoms with Crippen LogP contribution in [-0.2, 0) is 6.54 Å². The third-order valence-corrected chi connectivity index (χ3v) is 4.30. The maximum atomic E-state index is 4.42. The Balaban J connectivity index is 2.04. The molecule has 0 bridgehead atoms. The van der Waals surface area contributed by atoms with Crippen molar-refractivity contribution in [3.8, 4) is 0 Å². The van der Waals surface area contributed by atoms with E-state index < -0.39 is 0 Å². The molecule has 1 N–H and O–H groups in total. The fourth-order valence-electron chi connectivity index (χ4n) is 2.55. The molecule has 1 aromatic rings. The molecule has 1 aromatic heterocycles. The van der Waals surface area contributed by atoms with Crippen LogP contribution in [0.1, 0.15) is 45.2 Å². The van der Waals surface area contributed by atoms with Crippen LogP contribution in [0.3, 0.4) is 0 Å². The average molecular weight is 300 g/mol. The quantitative estimate of drug-likeness (QED) is 0.905. The summed E-state index contributed by atoms with van der Waals surface area (Å²) in [7, 11) is 0. The van der Waals surface area contributed by atoms with Gasteiger partial charge in [-0.3, -0.25) is 4.68 Å². The first kappa shape index (κ1) is 13.1. The summed E-state index contributed by atoms with van der Waals surface area (Å²) in [5.74, 6) is 1.45. The van der Waals surface area contributed by atoms with Gasteiger partial charge in [-0.2, -0.15) is 5.10 Å². The van der Waals surface area contributed by atoms with Gasteiger partial charge in [0.1, 0.15) is 0 Å². The molecule has 0 amide bonds. The van der Waals surface area contributed by atoms with Crippen molar-refractivity contribution in [3.05, 3.63) is 16.4 Å². The van der Waals surface area contributed by atoms with Crippen LogP contribution in [0.15, 0.2) is 10.7 Å². The zero-order valence-electron chi connectivity index (χ0n) is 10.9. The summed E-state index contributed by atoms with van der Waals surface area (Å²) < 4.78 is 3.31. The van der Waals surface area contributed by atoms with Gasteiger partial charge in [-0.05, 0) is 48.2 Å². The summed E-state index contributed by atoms with van der Waals surface area (Å²) >= 11 is 3.64. The zero-order chi connectivity index (χ0) is 12.4. The number of aromatic nitrogens is 2. The van der Waals surface area contributed by atoms with Crippen LogP contribution in [0.2, 0.25) is 0 Å². The van der Waals surface area contributed by atoms with Gasteiger partial charge in [0.15, 0.2) is 0 Å². The fourth-order valence-corrected chi connectivity index (χ4v) is 3.14. The first-order valence-corrected chi connectivity index (χ1v) is 7.37. The molecule has 2 rings (SSSR count). The molecular formula is C13H22BrN3. The molecule has 1 fully saturated rings. The number of aryl methyl sites for hydroxylation is 1. The van der Waals surface area contributed by atoms with Gasteiger partial charge >= 0.3 is 0 Å². The van der Waals surface area contributed by atoms with Crippen molar-refractivity contribution in [2.24, 2.45) is 5.92 Å². The predicted molar refractivity (Wildman–Crippen MR) is 74.2 cm³/mol. The fraction of sp³-hybridized carbons (Fsp3) is 0.769. The minimum Gasteiger partial charge on any atom is -0.314 e. The SMILES string of the molecule is CCn1ncc(Br)c1C1CCC1CNC(C)C. The summed E-state index contributed by atoms with van der Waals surface area (Å²) in [5, 5.41) is 7.97. The van der Waals surface area contributed by atoms with E-state index in [9.17, 15) is 0 Å². The Hall–Kier alpha value is -0.350. The van der Waals surface area contributed by atoms with Gasteiger partial charge < -0.3 is 5.32 Å². The van der Waals surface area contributed by atoms with Gasteiger partial charge in [-0.1, -0.05) is 13.8 Å². The third-order valence-electron chi connectivity index (χ3n) is 3.69. The van der Waals surface area contributed by atoms with Crippen molar-refractivity contribution in [2.75, 3.05) is 6.54 Å². The molecule has 0 aliphatic heterocycles. The number of hydrogen-bond donors (Lipinski definition) is 1. The molecule has 0 saturated heterocycles. The predicted octanol–water partition coefficient (Wildman–Crippen LogP) is 3.16. The maximum Gasteiger partial charge on any atom is 0.0635 e. The summed E-state index contributed by atoms with van der Waals surface area (Å²) in [4.78, 5) is 0. The zero-order valence-corrected chi connectivity index (χ0v) is 12.5. The summed E-state index contributed by atoms with van der Waals surface area (Å²) in [6.07, 6.45) is 4.57. The van der Waals surface area contributed by atoms with Crippen molar-refractivity contribution >= 4 is 15.9 Å². The number of nitrogens with one attached hydrogen (secondary N) is 1. The second-order valence-electron chi connectivity index (χ2n) is 5.20. The van der Waals surface area contributed by atoms with Crippen molar-refractivity contribution in [1.29, 1.82) is 0 Å². The lowest BCUT2D eigenvalue weighted by molar-refractivity contribution is 0.229. The van der Waals surface area contributed by atoms with Crippen LogP contribution in [0, 0.1) is 5.92 Å². The topological polar surface area (TPSA) is 29.9 Å². The highest BCUT2D eigenvalue weighted by Gasteiger charge is 2.35. The Morgan fingerprint density at radius 1 is 1.53 bits per heavy atom. The van der Waals surface area contributed by atoms with Crippen molar-refractivity contribution < 1.29 is 0 Å². The van der Waals surface area contributed by atoms with E-state index in [1.807, 2.05) is 6.20 Å². The monoisotopic (exact) mass is 299 g/mol. The molecular weight excluding hydrogens is 278 g/mol. The molecule has 0 spiro atoms. The van der Waals surface area contributed by atoms with E-state index in [1.165, 1.54) is 23.0 Å². The minimum atomic E-state index is 0.579. The van der Waals surface area contributed by atoms with Crippen LogP contribution < -0.4 is 5.32 Å². The lowest BCUT2D eigenvalue weighted by atomic mass is 9.71. The van der Waals surface area contributed by atoms with Crippen molar-refractivity contribution in [3.63, 3.8) is 0 Å². The maximum absolute atomic E-state index is 4.42. The number of hydrogen-bond acceptors (Lipinski definition) is 2. The van der Waals surface area contributed by atoms with Gasteiger partial charge in [-0.15, -0.1) is 0 Å². The second kappa shape index (κ2) is 5.53. The number of rotatable bonds is 5. The highest BCUT2D eigenvalue weighted by molar-refractivity contribution is 9.10. The summed E-state index contributed by atoms with van der Waals surface area (Å²) in [6.45, 7) is 8.66. The Bertz CT molecular complexity index is 373. The Morgan fingerprint density at radius 3 is 2.82 bits per heavy atom. The Kier molecular flexibility index (Phi) is 4.26. The van der Waals surface area contributed by atoms with Crippen LogP contribution in [0.25, 0.3) is 0 Å². The van der Waals surface area contributed by atoms with E-state index in [0.29, 0.717) is 12.0 Å². The number of halogens is 1. The minimum absolute atomic E-state index is 0.579. The molecule has 1 heterocycles. The third kappa shape index (κ3) is 2.74. The largest absolute Gasteiger partial charge is 0.314 e. The molecule has 3 nitrogen and oxygen atoms in total. The van der Waals surface area contributed by atoms with Crippen LogP contribution in [-0.4, -0.2) is 22.4 Å². The van der Waals surface area contributed by atoms with E-state index >= 15 is 0 Å². The number of nitrogens with zero attached hydrogens (tertiary/aromatic N) is 2. The first-order valence-electron chi connectivity index (χ1n) is 6.58. The van der Waals surface area contributed by atoms with Gasteiger partial charge in [0.05, 0.1) is 16.4 Å². The van der Waals surface area contributed by atoms with Gasteiger partial charge in [0.2, 0.25) is 0 Å². The first-order chi connectivity index (χ1) is 8.13. The highest BCUT2D eigenvalue weighted by Crippen LogP contribution is 2.44. The van der Waals surface area contributed by atoms with Crippen LogP contribution >= 0.6 is 15.9 Å². The standard InChI is InChI=1S/C13H22BrN3/c1-4-17-13(12(14)8-16-17)11-6-5-10(11)7-15-9(2)3/h8-11,15H,4-7H2,1-3H3. The van der Waals surface area contributed by atoms with E-state index in [0.717, 1.165) is 19.0 Å². The molecule has 1 aliphatic rings. The van der Waals surface area contributed by atoms with Gasteiger partial charge in [0, 0.05) is 18.5 Å². The summed E-state index contributed by atoms with van der Waals surface area (Å²) in [6, 6.07) is 0.579. The normalized spacial score (nSPS) is 24.1. The molecule has 2 atom stereocenters. The van der Waals surface area contributed by atoms with E-state index in [1.54, 1.807) is 0 Å². The second-order valence-corrected chi connectivity index (χ2v) is 6.05. The lowest BCUT2D eigenvalue weighted by Crippen LogP contribution is -2.37. The summed E-state index contributed by atoms with van der Waals surface area (Å²) in [5.41, 5.74) is 1.40. The van der Waals surface area contributed by atoms with E-state index in [2.05, 4.69) is 51.8 Å². The van der Waals surface area contributed by atoms with Gasteiger partial charge in [-0.25, -0.2) is 0 Å². The molecule has 1 saturated carbocycles. The molecule has 0 aromatic carbocycles. The van der Waals surface area contributed by atoms with Gasteiger partial charge in [0.25, 0.3) is 0 Å². The van der Waals surface area contributed by atoms with E-state index in [-0.39, 0.29) is 0 Å².